The number of nitrogens with zero attached hydrogens (tertiary/aromatic N) is 1. The minimum Gasteiger partial charge on any atom is -0.493 e. The summed E-state index contributed by atoms with van der Waals surface area (Å²) in [5.41, 5.74) is -1.43. The molecule has 0 radical (unpaired) electrons. The number of hydrogen-bond donors (Lipinski definition) is 1. The van der Waals surface area contributed by atoms with Gasteiger partial charge in [0, 0.05) is 29.5 Å². The van der Waals surface area contributed by atoms with Crippen LogP contribution < -0.4 is 19.6 Å². The van der Waals surface area contributed by atoms with Crippen LogP contribution in [0.25, 0.3) is 11.3 Å². The van der Waals surface area contributed by atoms with Crippen LogP contribution in [0.5, 0.6) is 23.0 Å². The van der Waals surface area contributed by atoms with Gasteiger partial charge in [0.2, 0.25) is 0 Å². The molecular formula is C20H14F6N2O4. The molecule has 3 aromatic rings. The van der Waals surface area contributed by atoms with E-state index in [-0.39, 0.29) is 28.5 Å². The Labute approximate surface area is 176 Å². The van der Waals surface area contributed by atoms with Crippen molar-refractivity contribution in [2.45, 2.75) is 19.5 Å². The number of methoxy groups -OCH3 is 1. The van der Waals surface area contributed by atoms with Crippen molar-refractivity contribution in [3.63, 3.8) is 0 Å². The molecule has 2 heterocycles. The van der Waals surface area contributed by atoms with Gasteiger partial charge in [0.1, 0.15) is 11.4 Å². The van der Waals surface area contributed by atoms with E-state index in [2.05, 4.69) is 14.7 Å². The predicted octanol–water partition coefficient (Wildman–Crippen LogP) is 5.46. The van der Waals surface area contributed by atoms with Crippen LogP contribution in [0.15, 0.2) is 47.4 Å². The molecule has 170 valence electrons. The maximum Gasteiger partial charge on any atom is 0.573 e. The minimum absolute atomic E-state index is 0.0221. The molecular weight excluding hydrogens is 446 g/mol. The maximum atomic E-state index is 13.2. The van der Waals surface area contributed by atoms with E-state index < -0.39 is 29.4 Å². The van der Waals surface area contributed by atoms with Crippen molar-refractivity contribution in [1.29, 1.82) is 0 Å². The van der Waals surface area contributed by atoms with Crippen molar-refractivity contribution in [1.82, 2.24) is 9.97 Å². The molecule has 0 atom stereocenters. The van der Waals surface area contributed by atoms with Gasteiger partial charge in [-0.05, 0) is 25.1 Å². The largest absolute Gasteiger partial charge is 0.573 e. The fourth-order valence-corrected chi connectivity index (χ4v) is 2.76. The number of halogens is 6. The molecule has 3 rings (SSSR count). The van der Waals surface area contributed by atoms with E-state index in [0.29, 0.717) is 11.8 Å². The number of hydrogen-bond acceptors (Lipinski definition) is 5. The fourth-order valence-electron chi connectivity index (χ4n) is 2.76. The van der Waals surface area contributed by atoms with E-state index in [1.807, 2.05) is 0 Å². The molecule has 6 nitrogen and oxygen atoms in total. The number of aromatic amines is 1. The monoisotopic (exact) mass is 460 g/mol. The molecule has 12 heteroatoms. The number of rotatable bonds is 5. The van der Waals surface area contributed by atoms with Gasteiger partial charge in [-0.1, -0.05) is 0 Å². The Bertz CT molecular complexity index is 1190. The van der Waals surface area contributed by atoms with Crippen molar-refractivity contribution in [2.75, 3.05) is 7.11 Å². The smallest absolute Gasteiger partial charge is 0.493 e. The third-order valence-electron chi connectivity index (χ3n) is 4.01. The second-order valence-corrected chi connectivity index (χ2v) is 6.44. The minimum atomic E-state index is -4.94. The first-order valence-corrected chi connectivity index (χ1v) is 8.76. The zero-order chi connectivity index (χ0) is 23.7. The number of nitrogens with one attached hydrogen (secondary N) is 1. The molecule has 1 aromatic carbocycles. The van der Waals surface area contributed by atoms with Gasteiger partial charge in [-0.25, -0.2) is 4.98 Å². The maximum absolute atomic E-state index is 13.2. The molecule has 0 aliphatic carbocycles. The summed E-state index contributed by atoms with van der Waals surface area (Å²) in [5, 5.41) is 0. The highest BCUT2D eigenvalue weighted by Crippen LogP contribution is 2.40. The average Bonchev–Trinajstić information content (AvgIpc) is 2.66. The Kier molecular flexibility index (Phi) is 6.06. The molecule has 0 saturated carbocycles. The second-order valence-electron chi connectivity index (χ2n) is 6.44. The number of pyridine rings is 2. The van der Waals surface area contributed by atoms with E-state index in [4.69, 9.17) is 9.47 Å². The number of benzene rings is 1. The first-order chi connectivity index (χ1) is 14.9. The van der Waals surface area contributed by atoms with Crippen LogP contribution in [0.3, 0.4) is 0 Å². The van der Waals surface area contributed by atoms with E-state index in [1.54, 1.807) is 6.92 Å². The Morgan fingerprint density at radius 2 is 1.66 bits per heavy atom. The molecule has 0 aliphatic rings. The van der Waals surface area contributed by atoms with Crippen LogP contribution in [-0.4, -0.2) is 23.4 Å². The highest BCUT2D eigenvalue weighted by molar-refractivity contribution is 5.68. The summed E-state index contributed by atoms with van der Waals surface area (Å²) in [7, 11) is 1.16. The molecule has 0 saturated heterocycles. The third-order valence-corrected chi connectivity index (χ3v) is 4.01. The molecule has 0 amide bonds. The summed E-state index contributed by atoms with van der Waals surface area (Å²) in [6.07, 6.45) is -8.92. The molecule has 0 unspecified atom stereocenters. The summed E-state index contributed by atoms with van der Waals surface area (Å²) < 4.78 is 91.3. The van der Waals surface area contributed by atoms with Gasteiger partial charge in [0.05, 0.1) is 19.0 Å². The average molecular weight is 460 g/mol. The highest BCUT2D eigenvalue weighted by Gasteiger charge is 2.34. The Balaban J connectivity index is 2.09. The first-order valence-electron chi connectivity index (χ1n) is 8.76. The standard InChI is InChI=1S/C20H14F6N2O4/c1-10-5-11(29)6-14(28-10)13-8-18(19(21,22)23)27-9-17(13)31-15-4-3-12(7-16(15)30-2)32-20(24,25)26/h3-9H,1-2H3,(H,28,29). The van der Waals surface area contributed by atoms with Gasteiger partial charge in [-0.15, -0.1) is 13.2 Å². The van der Waals surface area contributed by atoms with Gasteiger partial charge in [-0.3, -0.25) is 4.79 Å². The molecule has 32 heavy (non-hydrogen) atoms. The Morgan fingerprint density at radius 1 is 0.938 bits per heavy atom. The van der Waals surface area contributed by atoms with Gasteiger partial charge in [0.15, 0.2) is 22.7 Å². The molecule has 0 spiro atoms. The van der Waals surface area contributed by atoms with Gasteiger partial charge >= 0.3 is 12.5 Å². The summed E-state index contributed by atoms with van der Waals surface area (Å²) in [4.78, 5) is 18.0. The highest BCUT2D eigenvalue weighted by atomic mass is 19.4. The summed E-state index contributed by atoms with van der Waals surface area (Å²) >= 11 is 0. The first kappa shape index (κ1) is 23.0. The lowest BCUT2D eigenvalue weighted by Gasteiger charge is -2.16. The summed E-state index contributed by atoms with van der Waals surface area (Å²) in [6.45, 7) is 1.54. The quantitative estimate of drug-likeness (QED) is 0.512. The van der Waals surface area contributed by atoms with Crippen molar-refractivity contribution in [3.05, 3.63) is 64.2 Å². The molecule has 0 aliphatic heterocycles. The number of alkyl halides is 6. The van der Waals surface area contributed by atoms with Crippen molar-refractivity contribution >= 4 is 0 Å². The molecule has 0 bridgehead atoms. The predicted molar refractivity (Wildman–Crippen MR) is 99.8 cm³/mol. The van der Waals surface area contributed by atoms with E-state index >= 15 is 0 Å². The summed E-state index contributed by atoms with van der Waals surface area (Å²) in [5.74, 6) is -1.10. The topological polar surface area (TPSA) is 73.4 Å². The van der Waals surface area contributed by atoms with Crippen molar-refractivity contribution < 1.29 is 40.6 Å². The van der Waals surface area contributed by atoms with Gasteiger partial charge in [0.25, 0.3) is 0 Å². The van der Waals surface area contributed by atoms with E-state index in [0.717, 1.165) is 37.6 Å². The molecule has 1 N–H and O–H groups in total. The SMILES string of the molecule is COc1cc(OC(F)(F)F)ccc1Oc1cnc(C(F)(F)F)cc1-c1cc(=O)cc(C)[nH]1. The Hall–Kier alpha value is -3.70. The van der Waals surface area contributed by atoms with Crippen LogP contribution in [0.4, 0.5) is 26.3 Å². The number of ether oxygens (including phenoxy) is 3. The molecule has 0 fully saturated rings. The third kappa shape index (κ3) is 5.50. The van der Waals surface area contributed by atoms with Crippen LogP contribution >= 0.6 is 0 Å². The summed E-state index contributed by atoms with van der Waals surface area (Å²) in [6, 6.07) is 5.94. The number of aromatic nitrogens is 2. The van der Waals surface area contributed by atoms with Gasteiger partial charge in [-0.2, -0.15) is 13.2 Å². The van der Waals surface area contributed by atoms with Gasteiger partial charge < -0.3 is 19.2 Å². The fraction of sp³-hybridized carbons (Fsp3) is 0.200. The lowest BCUT2D eigenvalue weighted by Crippen LogP contribution is -2.17. The number of H-pyrrole nitrogens is 1. The van der Waals surface area contributed by atoms with Crippen LogP contribution in [0.1, 0.15) is 11.4 Å². The van der Waals surface area contributed by atoms with Crippen LogP contribution in [-0.2, 0) is 6.18 Å². The second kappa shape index (κ2) is 8.44. The van der Waals surface area contributed by atoms with E-state index in [9.17, 15) is 31.1 Å². The van der Waals surface area contributed by atoms with Crippen molar-refractivity contribution in [3.8, 4) is 34.3 Å². The van der Waals surface area contributed by atoms with Crippen molar-refractivity contribution in [2.24, 2.45) is 0 Å². The van der Waals surface area contributed by atoms with Crippen LogP contribution in [0, 0.1) is 6.92 Å². The zero-order valence-corrected chi connectivity index (χ0v) is 16.4. The van der Waals surface area contributed by atoms with Crippen LogP contribution in [0.2, 0.25) is 0 Å². The normalized spacial score (nSPS) is 11.9. The van der Waals surface area contributed by atoms with E-state index in [1.165, 1.54) is 6.07 Å². The number of aryl methyl sites for hydroxylation is 1. The lowest BCUT2D eigenvalue weighted by atomic mass is 10.1. The zero-order valence-electron chi connectivity index (χ0n) is 16.4. The lowest BCUT2D eigenvalue weighted by molar-refractivity contribution is -0.274. The Morgan fingerprint density at radius 3 is 2.25 bits per heavy atom. The molecule has 2 aromatic heterocycles.